The molecular formula is C8H6N2O4. The Hall–Kier alpha value is -2.11. The van der Waals surface area contributed by atoms with Crippen molar-refractivity contribution < 1.29 is 14.3 Å². The normalized spacial score (nSPS) is 10.6. The highest BCUT2D eigenvalue weighted by Crippen LogP contribution is 2.07. The predicted octanol–water partition coefficient (Wildman–Crippen LogP) is 0.0741. The van der Waals surface area contributed by atoms with Crippen LogP contribution < -0.4 is 5.56 Å². The molecule has 0 aliphatic heterocycles. The molecule has 0 aliphatic rings. The molecular weight excluding hydrogens is 188 g/mol. The predicted molar refractivity (Wildman–Crippen MR) is 45.9 cm³/mol. The van der Waals surface area contributed by atoms with E-state index >= 15 is 0 Å². The number of rotatable bonds is 2. The molecule has 0 aliphatic carbocycles. The lowest BCUT2D eigenvalue weighted by Gasteiger charge is -1.98. The van der Waals surface area contributed by atoms with Crippen molar-refractivity contribution in [3.63, 3.8) is 0 Å². The van der Waals surface area contributed by atoms with Gasteiger partial charge in [0.15, 0.2) is 0 Å². The minimum Gasteiger partial charge on any atom is -0.480 e. The fourth-order valence-corrected chi connectivity index (χ4v) is 1.14. The number of furan rings is 1. The molecule has 1 N–H and O–H groups in total. The summed E-state index contributed by atoms with van der Waals surface area (Å²) in [5.74, 6) is -1.12. The molecule has 0 aromatic carbocycles. The van der Waals surface area contributed by atoms with Crippen LogP contribution in [0.4, 0.5) is 0 Å². The van der Waals surface area contributed by atoms with Crippen LogP contribution in [0, 0.1) is 0 Å². The van der Waals surface area contributed by atoms with E-state index in [1.165, 1.54) is 12.5 Å². The third-order valence-corrected chi connectivity index (χ3v) is 1.75. The Morgan fingerprint density at radius 3 is 3.14 bits per heavy atom. The second kappa shape index (κ2) is 2.99. The molecule has 0 saturated heterocycles. The molecule has 0 unspecified atom stereocenters. The smallest absolute Gasteiger partial charge is 0.325 e. The van der Waals surface area contributed by atoms with Gasteiger partial charge < -0.3 is 9.52 Å². The van der Waals surface area contributed by atoms with E-state index in [9.17, 15) is 9.59 Å². The van der Waals surface area contributed by atoms with E-state index in [0.717, 1.165) is 4.68 Å². The van der Waals surface area contributed by atoms with Gasteiger partial charge in [0.25, 0.3) is 0 Å². The van der Waals surface area contributed by atoms with Crippen LogP contribution in [0.3, 0.4) is 0 Å². The molecule has 0 bridgehead atoms. The van der Waals surface area contributed by atoms with Crippen molar-refractivity contribution in [2.24, 2.45) is 0 Å². The van der Waals surface area contributed by atoms with Gasteiger partial charge in [-0.1, -0.05) is 0 Å². The minimum atomic E-state index is -1.12. The lowest BCUT2D eigenvalue weighted by atomic mass is 10.4. The van der Waals surface area contributed by atoms with Crippen molar-refractivity contribution in [2.75, 3.05) is 0 Å². The fourth-order valence-electron chi connectivity index (χ4n) is 1.14. The van der Waals surface area contributed by atoms with E-state index < -0.39 is 18.1 Å². The minimum absolute atomic E-state index is 0.126. The summed E-state index contributed by atoms with van der Waals surface area (Å²) < 4.78 is 5.75. The van der Waals surface area contributed by atoms with Gasteiger partial charge in [0.1, 0.15) is 6.54 Å². The monoisotopic (exact) mass is 194 g/mol. The zero-order chi connectivity index (χ0) is 10.1. The van der Waals surface area contributed by atoms with E-state index in [-0.39, 0.29) is 5.58 Å². The Kier molecular flexibility index (Phi) is 1.81. The number of nitrogens with zero attached hydrogens (tertiary/aromatic N) is 2. The van der Waals surface area contributed by atoms with E-state index in [4.69, 9.17) is 9.52 Å². The molecule has 0 spiro atoms. The van der Waals surface area contributed by atoms with Crippen LogP contribution in [0.15, 0.2) is 27.7 Å². The fraction of sp³-hybridized carbons (Fsp3) is 0.125. The van der Waals surface area contributed by atoms with Gasteiger partial charge in [0.05, 0.1) is 12.5 Å². The summed E-state index contributed by atoms with van der Waals surface area (Å²) >= 11 is 0. The van der Waals surface area contributed by atoms with E-state index in [1.54, 1.807) is 6.07 Å². The molecule has 0 radical (unpaired) electrons. The number of carbonyl (C=O) groups is 1. The standard InChI is InChI=1S/C8H6N2O4/c11-6(12)4-10-8(13)7-5(3-9-10)1-2-14-7/h1-3H,4H2,(H,11,12). The van der Waals surface area contributed by atoms with Gasteiger partial charge in [-0.2, -0.15) is 5.10 Å². The first-order chi connectivity index (χ1) is 6.68. The highest BCUT2D eigenvalue weighted by atomic mass is 16.4. The van der Waals surface area contributed by atoms with Crippen LogP contribution in [0.1, 0.15) is 0 Å². The Bertz CT molecular complexity index is 540. The quantitative estimate of drug-likeness (QED) is 0.731. The number of hydrogen-bond donors (Lipinski definition) is 1. The van der Waals surface area contributed by atoms with Crippen LogP contribution in [-0.2, 0) is 11.3 Å². The van der Waals surface area contributed by atoms with Gasteiger partial charge in [-0.15, -0.1) is 0 Å². The first-order valence-electron chi connectivity index (χ1n) is 3.83. The van der Waals surface area contributed by atoms with Gasteiger partial charge in [-0.3, -0.25) is 9.59 Å². The molecule has 0 atom stereocenters. The summed E-state index contributed by atoms with van der Waals surface area (Å²) in [6.07, 6.45) is 2.75. The summed E-state index contributed by atoms with van der Waals surface area (Å²) in [5.41, 5.74) is -0.406. The van der Waals surface area contributed by atoms with Crippen molar-refractivity contribution in [3.05, 3.63) is 28.9 Å². The van der Waals surface area contributed by atoms with Gasteiger partial charge in [-0.25, -0.2) is 4.68 Å². The second-order valence-electron chi connectivity index (χ2n) is 2.71. The maximum atomic E-state index is 11.5. The summed E-state index contributed by atoms with van der Waals surface area (Å²) in [6.45, 7) is -0.463. The molecule has 0 fully saturated rings. The Labute approximate surface area is 77.4 Å². The first-order valence-corrected chi connectivity index (χ1v) is 3.83. The topological polar surface area (TPSA) is 85.3 Å². The lowest BCUT2D eigenvalue weighted by Crippen LogP contribution is -2.25. The number of hydrogen-bond acceptors (Lipinski definition) is 4. The number of carboxylic acids is 1. The largest absolute Gasteiger partial charge is 0.480 e. The van der Waals surface area contributed by atoms with E-state index in [2.05, 4.69) is 5.10 Å². The Balaban J connectivity index is 2.62. The molecule has 2 rings (SSSR count). The molecule has 14 heavy (non-hydrogen) atoms. The molecule has 6 nitrogen and oxygen atoms in total. The summed E-state index contributed by atoms with van der Waals surface area (Å²) in [7, 11) is 0. The number of aromatic nitrogens is 2. The van der Waals surface area contributed by atoms with Crippen molar-refractivity contribution in [1.82, 2.24) is 9.78 Å². The maximum absolute atomic E-state index is 11.5. The molecule has 72 valence electrons. The van der Waals surface area contributed by atoms with Crippen molar-refractivity contribution >= 4 is 16.9 Å². The lowest BCUT2D eigenvalue weighted by molar-refractivity contribution is -0.137. The third kappa shape index (κ3) is 1.26. The number of carboxylic acid groups (broad SMARTS) is 1. The van der Waals surface area contributed by atoms with E-state index in [0.29, 0.717) is 5.39 Å². The molecule has 2 heterocycles. The van der Waals surface area contributed by atoms with Crippen molar-refractivity contribution in [3.8, 4) is 0 Å². The highest BCUT2D eigenvalue weighted by Gasteiger charge is 2.08. The second-order valence-corrected chi connectivity index (χ2v) is 2.71. The average Bonchev–Trinajstić information content (AvgIpc) is 2.57. The van der Waals surface area contributed by atoms with Crippen LogP contribution in [0.5, 0.6) is 0 Å². The average molecular weight is 194 g/mol. The molecule has 2 aromatic rings. The van der Waals surface area contributed by atoms with Gasteiger partial charge in [-0.05, 0) is 6.07 Å². The summed E-state index contributed by atoms with van der Waals surface area (Å²) in [4.78, 5) is 21.8. The zero-order valence-corrected chi connectivity index (χ0v) is 7.01. The third-order valence-electron chi connectivity index (χ3n) is 1.75. The van der Waals surface area contributed by atoms with Crippen molar-refractivity contribution in [1.29, 1.82) is 0 Å². The highest BCUT2D eigenvalue weighted by molar-refractivity contribution is 5.75. The van der Waals surface area contributed by atoms with E-state index in [1.807, 2.05) is 0 Å². The Morgan fingerprint density at radius 1 is 1.64 bits per heavy atom. The number of aliphatic carboxylic acids is 1. The summed E-state index contributed by atoms with van der Waals surface area (Å²) in [5, 5.41) is 12.7. The number of fused-ring (bicyclic) bond motifs is 1. The van der Waals surface area contributed by atoms with Crippen LogP contribution in [0.2, 0.25) is 0 Å². The van der Waals surface area contributed by atoms with Gasteiger partial charge >= 0.3 is 11.5 Å². The maximum Gasteiger partial charge on any atom is 0.325 e. The zero-order valence-electron chi connectivity index (χ0n) is 7.01. The first kappa shape index (κ1) is 8.49. The summed E-state index contributed by atoms with van der Waals surface area (Å²) in [6, 6.07) is 1.59. The van der Waals surface area contributed by atoms with Crippen LogP contribution in [0.25, 0.3) is 11.0 Å². The van der Waals surface area contributed by atoms with Gasteiger partial charge in [0.2, 0.25) is 5.58 Å². The molecule has 0 amide bonds. The molecule has 6 heteroatoms. The van der Waals surface area contributed by atoms with Crippen molar-refractivity contribution in [2.45, 2.75) is 6.54 Å². The SMILES string of the molecule is O=C(O)Cn1ncc2ccoc2c1=O. The molecule has 2 aromatic heterocycles. The van der Waals surface area contributed by atoms with Crippen LogP contribution in [-0.4, -0.2) is 20.9 Å². The molecule has 0 saturated carbocycles. The van der Waals surface area contributed by atoms with Crippen LogP contribution >= 0.6 is 0 Å². The van der Waals surface area contributed by atoms with Gasteiger partial charge in [0, 0.05) is 5.39 Å². The Morgan fingerprint density at radius 2 is 2.43 bits per heavy atom.